The molecule has 0 aliphatic rings. The lowest BCUT2D eigenvalue weighted by molar-refractivity contribution is -0.113. The summed E-state index contributed by atoms with van der Waals surface area (Å²) >= 11 is 1.11. The van der Waals surface area contributed by atoms with Gasteiger partial charge in [0.25, 0.3) is 0 Å². The summed E-state index contributed by atoms with van der Waals surface area (Å²) < 4.78 is 48.7. The minimum Gasteiger partial charge on any atom is -0.325 e. The highest BCUT2D eigenvalue weighted by Gasteiger charge is 2.26. The van der Waals surface area contributed by atoms with Crippen LogP contribution in [-0.4, -0.2) is 46.0 Å². The van der Waals surface area contributed by atoms with Gasteiger partial charge in [0, 0.05) is 12.7 Å². The number of anilines is 1. The zero-order chi connectivity index (χ0) is 17.0. The topological polar surface area (TPSA) is 107 Å². The van der Waals surface area contributed by atoms with Crippen LogP contribution in [0.3, 0.4) is 0 Å². The summed E-state index contributed by atoms with van der Waals surface area (Å²) in [5.41, 5.74) is 0.292. The van der Waals surface area contributed by atoms with Crippen LogP contribution in [0.4, 0.5) is 14.5 Å². The van der Waals surface area contributed by atoms with Crippen molar-refractivity contribution in [1.29, 1.82) is 0 Å². The van der Waals surface area contributed by atoms with Crippen LogP contribution >= 0.6 is 11.8 Å². The number of tetrazole rings is 1. The van der Waals surface area contributed by atoms with Crippen LogP contribution in [0.2, 0.25) is 0 Å². The van der Waals surface area contributed by atoms with E-state index in [4.69, 9.17) is 0 Å². The molecule has 0 saturated heterocycles. The van der Waals surface area contributed by atoms with Crippen molar-refractivity contribution in [2.24, 2.45) is 7.05 Å². The Balaban J connectivity index is 1.96. The van der Waals surface area contributed by atoms with Crippen molar-refractivity contribution in [2.75, 3.05) is 11.1 Å². The average molecular weight is 363 g/mol. The van der Waals surface area contributed by atoms with Crippen LogP contribution in [0.5, 0.6) is 0 Å². The fourth-order valence-corrected chi connectivity index (χ4v) is 2.87. The summed E-state index contributed by atoms with van der Waals surface area (Å²) in [5.74, 6) is -3.83. The highest BCUT2D eigenvalue weighted by molar-refractivity contribution is 7.99. The molecular weight excluding hydrogens is 352 g/mol. The van der Waals surface area contributed by atoms with Gasteiger partial charge in [-0.2, -0.15) is 8.78 Å². The van der Waals surface area contributed by atoms with Crippen molar-refractivity contribution in [1.82, 2.24) is 20.2 Å². The summed E-state index contributed by atoms with van der Waals surface area (Å²) in [6.07, 6.45) is 0. The van der Waals surface area contributed by atoms with Gasteiger partial charge in [-0.05, 0) is 34.7 Å². The van der Waals surface area contributed by atoms with Crippen LogP contribution in [0.25, 0.3) is 0 Å². The monoisotopic (exact) mass is 363 g/mol. The van der Waals surface area contributed by atoms with E-state index in [1.165, 1.54) is 16.8 Å². The number of alkyl halides is 2. The number of amides is 1. The van der Waals surface area contributed by atoms with Crippen LogP contribution in [0.1, 0.15) is 0 Å². The van der Waals surface area contributed by atoms with Crippen molar-refractivity contribution in [3.63, 3.8) is 0 Å². The Morgan fingerprint density at radius 1 is 1.35 bits per heavy atom. The standard InChI is InChI=1S/C11H11F2N5O3S2/c1-18-11(15-16-17-18)22-6-9(19)14-7-2-4-8(5-3-7)23(20,21)10(12)13/h2-5,10H,6H2,1H3,(H,14,19). The maximum atomic E-state index is 12.4. The number of nitrogens with one attached hydrogen (secondary N) is 1. The summed E-state index contributed by atoms with van der Waals surface area (Å²) in [6, 6.07) is 4.50. The Morgan fingerprint density at radius 2 is 2.00 bits per heavy atom. The first-order valence-corrected chi connectivity index (χ1v) is 8.61. The molecule has 2 aromatic rings. The summed E-state index contributed by atoms with van der Waals surface area (Å²) in [4.78, 5) is 11.3. The number of aryl methyl sites for hydroxylation is 1. The van der Waals surface area contributed by atoms with Gasteiger partial charge in [0.05, 0.1) is 10.6 Å². The summed E-state index contributed by atoms with van der Waals surface area (Å²) in [7, 11) is -3.01. The molecule has 8 nitrogen and oxygen atoms in total. The van der Waals surface area contributed by atoms with Gasteiger partial charge in [-0.1, -0.05) is 11.8 Å². The number of sulfone groups is 1. The van der Waals surface area contributed by atoms with Crippen molar-refractivity contribution in [3.05, 3.63) is 24.3 Å². The molecule has 1 heterocycles. The molecule has 0 unspecified atom stereocenters. The predicted octanol–water partition coefficient (Wildman–Crippen LogP) is 0.937. The molecule has 0 aliphatic heterocycles. The third-order valence-electron chi connectivity index (χ3n) is 2.61. The van der Waals surface area contributed by atoms with Crippen molar-refractivity contribution >= 4 is 33.2 Å². The molecule has 0 radical (unpaired) electrons. The molecule has 0 aliphatic carbocycles. The van der Waals surface area contributed by atoms with Crippen LogP contribution in [0.15, 0.2) is 34.3 Å². The van der Waals surface area contributed by atoms with E-state index in [0.29, 0.717) is 10.8 Å². The number of thioether (sulfide) groups is 1. The van der Waals surface area contributed by atoms with Crippen LogP contribution in [0, 0.1) is 0 Å². The number of nitrogens with zero attached hydrogens (tertiary/aromatic N) is 4. The zero-order valence-corrected chi connectivity index (χ0v) is 13.3. The fourth-order valence-electron chi connectivity index (χ4n) is 1.50. The highest BCUT2D eigenvalue weighted by Crippen LogP contribution is 2.20. The van der Waals surface area contributed by atoms with E-state index in [9.17, 15) is 22.0 Å². The second-order valence-electron chi connectivity index (χ2n) is 4.25. The smallest absolute Gasteiger partial charge is 0.325 e. The summed E-state index contributed by atoms with van der Waals surface area (Å²) in [5, 5.41) is 13.7. The van der Waals surface area contributed by atoms with E-state index in [0.717, 1.165) is 23.9 Å². The van der Waals surface area contributed by atoms with Gasteiger partial charge in [-0.3, -0.25) is 4.79 Å². The minimum absolute atomic E-state index is 0.0330. The molecule has 0 fully saturated rings. The average Bonchev–Trinajstić information content (AvgIpc) is 2.91. The number of aromatic nitrogens is 4. The predicted molar refractivity (Wildman–Crippen MR) is 77.8 cm³/mol. The van der Waals surface area contributed by atoms with E-state index < -0.39 is 20.5 Å². The number of halogens is 2. The second kappa shape index (κ2) is 7.00. The lowest BCUT2D eigenvalue weighted by atomic mass is 10.3. The second-order valence-corrected chi connectivity index (χ2v) is 7.11. The van der Waals surface area contributed by atoms with Gasteiger partial charge in [-0.15, -0.1) is 5.10 Å². The molecule has 0 spiro atoms. The number of hydrogen-bond acceptors (Lipinski definition) is 7. The van der Waals surface area contributed by atoms with Gasteiger partial charge in [0.1, 0.15) is 0 Å². The third kappa shape index (κ3) is 4.22. The number of benzene rings is 1. The first kappa shape index (κ1) is 17.3. The lowest BCUT2D eigenvalue weighted by Crippen LogP contribution is -2.15. The zero-order valence-electron chi connectivity index (χ0n) is 11.7. The largest absolute Gasteiger partial charge is 0.341 e. The lowest BCUT2D eigenvalue weighted by Gasteiger charge is -2.06. The molecule has 2 rings (SSSR count). The van der Waals surface area contributed by atoms with Gasteiger partial charge < -0.3 is 5.32 Å². The highest BCUT2D eigenvalue weighted by atomic mass is 32.2. The minimum atomic E-state index is -4.64. The SMILES string of the molecule is Cn1nnnc1SCC(=O)Nc1ccc(S(=O)(=O)C(F)F)cc1. The van der Waals surface area contributed by atoms with Crippen molar-refractivity contribution in [3.8, 4) is 0 Å². The Bertz CT molecular complexity index is 792. The number of hydrogen-bond donors (Lipinski definition) is 1. The number of carbonyl (C=O) groups is 1. The van der Waals surface area contributed by atoms with E-state index in [2.05, 4.69) is 20.8 Å². The first-order chi connectivity index (χ1) is 10.8. The van der Waals surface area contributed by atoms with Crippen LogP contribution in [-0.2, 0) is 21.7 Å². The molecule has 0 atom stereocenters. The molecule has 23 heavy (non-hydrogen) atoms. The Kier molecular flexibility index (Phi) is 5.26. The molecule has 124 valence electrons. The quantitative estimate of drug-likeness (QED) is 0.761. The number of rotatable bonds is 6. The summed E-state index contributed by atoms with van der Waals surface area (Å²) in [6.45, 7) is 0. The first-order valence-electron chi connectivity index (χ1n) is 6.08. The third-order valence-corrected chi connectivity index (χ3v) is 5.02. The van der Waals surface area contributed by atoms with Crippen molar-refractivity contribution in [2.45, 2.75) is 15.8 Å². The fraction of sp³-hybridized carbons (Fsp3) is 0.273. The van der Waals surface area contributed by atoms with Gasteiger partial charge >= 0.3 is 5.76 Å². The van der Waals surface area contributed by atoms with E-state index in [1.54, 1.807) is 7.05 Å². The molecule has 1 aromatic carbocycles. The molecule has 1 amide bonds. The maximum Gasteiger partial charge on any atom is 0.341 e. The van der Waals surface area contributed by atoms with Crippen molar-refractivity contribution < 1.29 is 22.0 Å². The normalized spacial score (nSPS) is 11.7. The Morgan fingerprint density at radius 3 is 2.52 bits per heavy atom. The molecule has 12 heteroatoms. The molecule has 0 saturated carbocycles. The van der Waals surface area contributed by atoms with E-state index in [1.807, 2.05) is 0 Å². The van der Waals surface area contributed by atoms with E-state index >= 15 is 0 Å². The van der Waals surface area contributed by atoms with E-state index in [-0.39, 0.29) is 11.7 Å². The van der Waals surface area contributed by atoms with Gasteiger partial charge in [0.2, 0.25) is 20.9 Å². The van der Waals surface area contributed by atoms with Gasteiger partial charge in [-0.25, -0.2) is 13.1 Å². The Hall–Kier alpha value is -2.08. The van der Waals surface area contributed by atoms with Gasteiger partial charge in [0.15, 0.2) is 0 Å². The van der Waals surface area contributed by atoms with Crippen LogP contribution < -0.4 is 5.32 Å². The molecular formula is C11H11F2N5O3S2. The Labute approximate surface area is 134 Å². The maximum absolute atomic E-state index is 12.4. The molecule has 1 N–H and O–H groups in total. The molecule has 0 bridgehead atoms. The molecule has 1 aromatic heterocycles. The number of carbonyl (C=O) groups excluding carboxylic acids is 1.